The third kappa shape index (κ3) is 9.17. The number of nitrogens with zero attached hydrogens (tertiary/aromatic N) is 4. The van der Waals surface area contributed by atoms with E-state index in [1.807, 2.05) is 6.92 Å². The molecule has 63 heavy (non-hydrogen) atoms. The molecule has 3 heterocycles. The van der Waals surface area contributed by atoms with Gasteiger partial charge in [0.25, 0.3) is 5.56 Å². The minimum Gasteiger partial charge on any atom is -0.494 e. The molecule has 12 heteroatoms. The summed E-state index contributed by atoms with van der Waals surface area (Å²) < 4.78 is 15.0. The van der Waals surface area contributed by atoms with Gasteiger partial charge < -0.3 is 24.8 Å². The number of aromatic nitrogens is 2. The van der Waals surface area contributed by atoms with Crippen molar-refractivity contribution >= 4 is 34.7 Å². The second kappa shape index (κ2) is 19.5. The number of alkyl carbamates (subject to hydrolysis) is 1. The molecule has 0 unspecified atom stereocenters. The second-order valence-corrected chi connectivity index (χ2v) is 17.5. The monoisotopic (exact) mass is 858 g/mol. The Morgan fingerprint density at radius 1 is 0.841 bits per heavy atom. The Balaban J connectivity index is 1.46. The molecule has 2 N–H and O–H groups in total. The number of carbonyl (C=O) groups is 2. The van der Waals surface area contributed by atoms with E-state index in [1.54, 1.807) is 0 Å². The van der Waals surface area contributed by atoms with Crippen LogP contribution in [0.5, 0.6) is 5.88 Å². The zero-order valence-corrected chi connectivity index (χ0v) is 38.3. The number of fused-ring (bicyclic) bond motifs is 2. The number of nitrogens with one attached hydrogen (secondary N) is 1. The van der Waals surface area contributed by atoms with E-state index >= 15 is 0 Å². The highest BCUT2D eigenvalue weighted by molar-refractivity contribution is 6.03. The molecule has 1 amide bonds. The summed E-state index contributed by atoms with van der Waals surface area (Å²) >= 11 is 0. The molecule has 0 saturated carbocycles. The predicted octanol–water partition coefficient (Wildman–Crippen LogP) is 8.58. The lowest BCUT2D eigenvalue weighted by atomic mass is 9.81. The molecule has 3 aromatic rings. The number of allylic oxidation sites excluding steroid dienone is 8. The molecule has 12 nitrogen and oxygen atoms in total. The number of anilines is 1. The summed E-state index contributed by atoms with van der Waals surface area (Å²) in [6.07, 6.45) is 11.3. The Bertz CT molecular complexity index is 2560. The number of benzene rings is 2. The highest BCUT2D eigenvalue weighted by Crippen LogP contribution is 2.48. The van der Waals surface area contributed by atoms with Crippen molar-refractivity contribution in [2.24, 2.45) is 0 Å². The fourth-order valence-corrected chi connectivity index (χ4v) is 9.18. The van der Waals surface area contributed by atoms with Crippen molar-refractivity contribution in [2.75, 3.05) is 37.7 Å². The number of amides is 1. The first-order valence-corrected chi connectivity index (χ1v) is 22.3. The molecule has 334 valence electrons. The second-order valence-electron chi connectivity index (χ2n) is 17.5. The summed E-state index contributed by atoms with van der Waals surface area (Å²) in [6, 6.07) is 17.0. The van der Waals surface area contributed by atoms with Crippen molar-refractivity contribution in [3.63, 3.8) is 0 Å². The molecule has 0 saturated heterocycles. The molecule has 0 bridgehead atoms. The van der Waals surface area contributed by atoms with Gasteiger partial charge in [-0.2, -0.15) is 4.58 Å². The molecule has 0 radical (unpaired) electrons. The third-order valence-corrected chi connectivity index (χ3v) is 12.3. The topological polar surface area (TPSA) is 135 Å². The number of hydrogen-bond donors (Lipinski definition) is 2. The Morgan fingerprint density at radius 3 is 2.24 bits per heavy atom. The molecule has 3 aliphatic rings. The van der Waals surface area contributed by atoms with Crippen LogP contribution in [0.25, 0.3) is 5.57 Å². The van der Waals surface area contributed by atoms with Crippen molar-refractivity contribution in [2.45, 2.75) is 111 Å². The quantitative estimate of drug-likeness (QED) is 0.0597. The zero-order valence-electron chi connectivity index (χ0n) is 38.3. The van der Waals surface area contributed by atoms with Gasteiger partial charge in [0.05, 0.1) is 18.5 Å². The van der Waals surface area contributed by atoms with Crippen LogP contribution in [0.1, 0.15) is 104 Å². The Hall–Kier alpha value is -6.17. The molecule has 0 spiro atoms. The zero-order chi connectivity index (χ0) is 45.6. The third-order valence-electron chi connectivity index (χ3n) is 12.3. The molecular weight excluding hydrogens is 795 g/mol. The van der Waals surface area contributed by atoms with Crippen molar-refractivity contribution < 1.29 is 28.7 Å². The maximum absolute atomic E-state index is 14.8. The van der Waals surface area contributed by atoms with E-state index < -0.39 is 23.3 Å². The predicted molar refractivity (Wildman–Crippen MR) is 250 cm³/mol. The van der Waals surface area contributed by atoms with Crippen LogP contribution in [0.4, 0.5) is 16.2 Å². The van der Waals surface area contributed by atoms with E-state index in [-0.39, 0.29) is 60.7 Å². The van der Waals surface area contributed by atoms with Crippen LogP contribution in [0.3, 0.4) is 0 Å². The smallest absolute Gasteiger partial charge is 0.407 e. The average Bonchev–Trinajstić information content (AvgIpc) is 3.82. The van der Waals surface area contributed by atoms with Gasteiger partial charge in [-0.3, -0.25) is 13.9 Å². The molecule has 0 fully saturated rings. The van der Waals surface area contributed by atoms with Gasteiger partial charge in [-0.05, 0) is 80.9 Å². The normalized spacial score (nSPS) is 17.6. The van der Waals surface area contributed by atoms with Crippen LogP contribution < -0.4 is 21.5 Å². The average molecular weight is 859 g/mol. The van der Waals surface area contributed by atoms with Gasteiger partial charge in [-0.15, -0.1) is 0 Å². The first-order valence-electron chi connectivity index (χ1n) is 22.3. The van der Waals surface area contributed by atoms with Gasteiger partial charge in [0.2, 0.25) is 11.6 Å². The summed E-state index contributed by atoms with van der Waals surface area (Å²) in [5, 5.41) is 14.6. The summed E-state index contributed by atoms with van der Waals surface area (Å²) in [5.74, 6) is -0.958. The van der Waals surface area contributed by atoms with Crippen molar-refractivity contribution in [1.29, 1.82) is 0 Å². The van der Waals surface area contributed by atoms with Gasteiger partial charge in [0, 0.05) is 59.6 Å². The Kier molecular flexibility index (Phi) is 14.3. The lowest BCUT2D eigenvalue weighted by Crippen LogP contribution is -2.42. The highest BCUT2D eigenvalue weighted by atomic mass is 16.6. The van der Waals surface area contributed by atoms with Crippen LogP contribution in [-0.2, 0) is 38.2 Å². The number of para-hydroxylation sites is 2. The SMILES string of the molecule is C=C(C)C(=O)OCCNC(=O)OCCn1c(=O)c(C2=C(C=CC3=[N+](CCC)c4ccccc4C3(C)C)CCC2=CC=C2N(CCC)c3ccccc3C2(C)C)c(O)n(CCC)c1=O. The number of aromatic hydroxyl groups is 1. The van der Waals surface area contributed by atoms with E-state index in [2.05, 4.69) is 136 Å². The van der Waals surface area contributed by atoms with Gasteiger partial charge >= 0.3 is 17.8 Å². The largest absolute Gasteiger partial charge is 0.494 e. The summed E-state index contributed by atoms with van der Waals surface area (Å²) in [7, 11) is 0. The summed E-state index contributed by atoms with van der Waals surface area (Å²) in [6.45, 7) is 21.5. The summed E-state index contributed by atoms with van der Waals surface area (Å²) in [5.41, 5.74) is 7.81. The first-order chi connectivity index (χ1) is 30.1. The van der Waals surface area contributed by atoms with E-state index in [0.717, 1.165) is 53.1 Å². The maximum atomic E-state index is 14.8. The molecule has 1 aliphatic carbocycles. The Labute approximate surface area is 371 Å². The van der Waals surface area contributed by atoms with Crippen LogP contribution >= 0.6 is 0 Å². The number of rotatable bonds is 17. The van der Waals surface area contributed by atoms with E-state index in [0.29, 0.717) is 24.8 Å². The van der Waals surface area contributed by atoms with E-state index in [4.69, 9.17) is 9.47 Å². The van der Waals surface area contributed by atoms with Crippen LogP contribution in [0.15, 0.2) is 111 Å². The van der Waals surface area contributed by atoms with Crippen molar-refractivity contribution in [3.8, 4) is 5.88 Å². The van der Waals surface area contributed by atoms with Gasteiger partial charge in [0.15, 0.2) is 5.71 Å². The fraction of sp³-hybridized carbons (Fsp3) is 0.431. The van der Waals surface area contributed by atoms with Crippen molar-refractivity contribution in [3.05, 3.63) is 139 Å². The van der Waals surface area contributed by atoms with E-state index in [9.17, 15) is 24.3 Å². The first kappa shape index (κ1) is 46.3. The molecule has 2 aromatic carbocycles. The minimum atomic E-state index is -0.799. The molecule has 1 aromatic heterocycles. The molecular formula is C51H64N5O7+. The highest BCUT2D eigenvalue weighted by Gasteiger charge is 2.44. The lowest BCUT2D eigenvalue weighted by molar-refractivity contribution is -0.437. The van der Waals surface area contributed by atoms with Gasteiger partial charge in [-0.1, -0.05) is 89.7 Å². The summed E-state index contributed by atoms with van der Waals surface area (Å²) in [4.78, 5) is 55.4. The number of esters is 1. The molecule has 6 rings (SSSR count). The number of ether oxygens (including phenoxy) is 2. The Morgan fingerprint density at radius 2 is 1.54 bits per heavy atom. The van der Waals surface area contributed by atoms with Crippen LogP contribution in [0.2, 0.25) is 0 Å². The van der Waals surface area contributed by atoms with Crippen molar-refractivity contribution in [1.82, 2.24) is 14.5 Å². The maximum Gasteiger partial charge on any atom is 0.407 e. The van der Waals surface area contributed by atoms with Gasteiger partial charge in [-0.25, -0.2) is 14.4 Å². The van der Waals surface area contributed by atoms with Gasteiger partial charge in [0.1, 0.15) is 25.3 Å². The molecule has 2 aliphatic heterocycles. The standard InChI is InChI=1S/C51H63N5O7/c1-10-28-53-39-19-15-13-17-37(39)50(6,7)41(53)25-23-35-21-22-36(24-26-42-51(8,9)38-18-14-16-20-40(38)54(42)29-11-2)43(35)44-45(57)55(30-12-3)49(61)56(46(44)58)31-33-63-48(60)52-27-32-62-47(59)34(4)5/h13-20,23-26H,4,10-12,21-22,27-33H2,1-3,5-9H3,(H,52,60)/p+1. The van der Waals surface area contributed by atoms with Crippen LogP contribution in [0, 0.1) is 0 Å². The molecule has 0 atom stereocenters. The lowest BCUT2D eigenvalue weighted by Gasteiger charge is -2.26. The fourth-order valence-electron chi connectivity index (χ4n) is 9.18. The number of carbonyl (C=O) groups excluding carboxylic acids is 2. The number of hydrogen-bond acceptors (Lipinski definition) is 8. The minimum absolute atomic E-state index is 0.00171. The van der Waals surface area contributed by atoms with E-state index in [1.165, 1.54) is 34.0 Å². The van der Waals surface area contributed by atoms with Crippen LogP contribution in [-0.4, -0.2) is 69.4 Å².